The highest BCUT2D eigenvalue weighted by molar-refractivity contribution is 6.31. The molecule has 0 saturated carbocycles. The first-order chi connectivity index (χ1) is 9.63. The number of hydrogen-bond acceptors (Lipinski definition) is 3. The average molecular weight is 290 g/mol. The third-order valence-corrected chi connectivity index (χ3v) is 3.73. The second-order valence-corrected chi connectivity index (χ2v) is 5.13. The Kier molecular flexibility index (Phi) is 4.85. The van der Waals surface area contributed by atoms with Gasteiger partial charge in [-0.15, -0.1) is 0 Å². The summed E-state index contributed by atoms with van der Waals surface area (Å²) in [5.74, 6) is 1.82. The van der Waals surface area contributed by atoms with Crippen molar-refractivity contribution in [2.24, 2.45) is 0 Å². The van der Waals surface area contributed by atoms with Crippen molar-refractivity contribution >= 4 is 23.2 Å². The summed E-state index contributed by atoms with van der Waals surface area (Å²) in [6.07, 6.45) is 0. The van der Waals surface area contributed by atoms with Gasteiger partial charge in [0.2, 0.25) is 0 Å². The van der Waals surface area contributed by atoms with Crippen molar-refractivity contribution in [3.63, 3.8) is 0 Å². The van der Waals surface area contributed by atoms with Crippen molar-refractivity contribution in [2.45, 2.75) is 19.9 Å². The van der Waals surface area contributed by atoms with E-state index in [1.807, 2.05) is 43.4 Å². The minimum atomic E-state index is 0.160. The lowest BCUT2D eigenvalue weighted by Gasteiger charge is -2.27. The van der Waals surface area contributed by atoms with Crippen LogP contribution in [0.3, 0.4) is 0 Å². The second kappa shape index (κ2) is 6.62. The summed E-state index contributed by atoms with van der Waals surface area (Å²) in [6, 6.07) is 14.1. The first-order valence-electron chi connectivity index (χ1n) is 6.81. The van der Waals surface area contributed by atoms with E-state index in [9.17, 15) is 0 Å². The van der Waals surface area contributed by atoms with E-state index in [2.05, 4.69) is 35.1 Å². The molecule has 0 aliphatic heterocycles. The monoisotopic (exact) mass is 289 g/mol. The van der Waals surface area contributed by atoms with Gasteiger partial charge in [-0.2, -0.15) is 0 Å². The zero-order valence-electron chi connectivity index (χ0n) is 12.1. The molecule has 1 heterocycles. The van der Waals surface area contributed by atoms with Crippen LogP contribution in [0.25, 0.3) is 0 Å². The zero-order chi connectivity index (χ0) is 14.5. The fraction of sp³-hybridized carbons (Fsp3) is 0.312. The maximum Gasteiger partial charge on any atom is 0.131 e. The van der Waals surface area contributed by atoms with Gasteiger partial charge in [0.25, 0.3) is 0 Å². The van der Waals surface area contributed by atoms with E-state index < -0.39 is 0 Å². The summed E-state index contributed by atoms with van der Waals surface area (Å²) >= 11 is 6.27. The van der Waals surface area contributed by atoms with E-state index in [-0.39, 0.29) is 6.04 Å². The normalized spacial score (nSPS) is 12.0. The Hall–Kier alpha value is -1.74. The fourth-order valence-electron chi connectivity index (χ4n) is 2.12. The van der Waals surface area contributed by atoms with Gasteiger partial charge in [0.1, 0.15) is 11.6 Å². The van der Waals surface area contributed by atoms with Crippen molar-refractivity contribution in [1.82, 2.24) is 4.98 Å². The number of aromatic nitrogens is 1. The fourth-order valence-corrected chi connectivity index (χ4v) is 2.41. The SMILES string of the molecule is CCNc1cccc(N(C)C(C)c2ccccc2Cl)n1. The second-order valence-electron chi connectivity index (χ2n) is 4.72. The van der Waals surface area contributed by atoms with Crippen LogP contribution in [0.5, 0.6) is 0 Å². The molecule has 20 heavy (non-hydrogen) atoms. The largest absolute Gasteiger partial charge is 0.370 e. The minimum absolute atomic E-state index is 0.160. The summed E-state index contributed by atoms with van der Waals surface area (Å²) in [4.78, 5) is 6.74. The molecule has 1 aromatic carbocycles. The Bertz CT molecular complexity index is 571. The molecule has 1 unspecified atom stereocenters. The van der Waals surface area contributed by atoms with Crippen molar-refractivity contribution in [2.75, 3.05) is 23.8 Å². The lowest BCUT2D eigenvalue weighted by Crippen LogP contribution is -2.23. The van der Waals surface area contributed by atoms with Gasteiger partial charge >= 0.3 is 0 Å². The van der Waals surface area contributed by atoms with Crippen LogP contribution in [-0.2, 0) is 0 Å². The molecular formula is C16H20ClN3. The molecule has 2 rings (SSSR count). The van der Waals surface area contributed by atoms with Crippen molar-refractivity contribution in [3.8, 4) is 0 Å². The molecule has 0 fully saturated rings. The molecule has 0 aliphatic rings. The summed E-state index contributed by atoms with van der Waals surface area (Å²) in [7, 11) is 2.03. The van der Waals surface area contributed by atoms with Gasteiger partial charge in [-0.05, 0) is 37.6 Å². The molecule has 0 bridgehead atoms. The molecule has 4 heteroatoms. The van der Waals surface area contributed by atoms with E-state index in [0.29, 0.717) is 0 Å². The Morgan fingerprint density at radius 2 is 1.95 bits per heavy atom. The minimum Gasteiger partial charge on any atom is -0.370 e. The molecule has 3 nitrogen and oxygen atoms in total. The van der Waals surface area contributed by atoms with Gasteiger partial charge in [0.05, 0.1) is 6.04 Å². The topological polar surface area (TPSA) is 28.2 Å². The first kappa shape index (κ1) is 14.7. The smallest absolute Gasteiger partial charge is 0.131 e. The van der Waals surface area contributed by atoms with Crippen LogP contribution in [0.4, 0.5) is 11.6 Å². The third-order valence-electron chi connectivity index (χ3n) is 3.39. The Morgan fingerprint density at radius 3 is 2.65 bits per heavy atom. The standard InChI is InChI=1S/C16H20ClN3/c1-4-18-15-10-7-11-16(19-15)20(3)12(2)13-8-5-6-9-14(13)17/h5-12H,4H2,1-3H3,(H,18,19). The first-order valence-corrected chi connectivity index (χ1v) is 7.19. The predicted octanol–water partition coefficient (Wildman–Crippen LogP) is 4.36. The molecule has 0 aliphatic carbocycles. The molecule has 0 saturated heterocycles. The van der Waals surface area contributed by atoms with Crippen LogP contribution >= 0.6 is 11.6 Å². The maximum absolute atomic E-state index is 6.27. The van der Waals surface area contributed by atoms with Crippen molar-refractivity contribution in [3.05, 3.63) is 53.1 Å². The van der Waals surface area contributed by atoms with E-state index in [1.165, 1.54) is 0 Å². The van der Waals surface area contributed by atoms with Gasteiger partial charge < -0.3 is 10.2 Å². The summed E-state index contributed by atoms with van der Waals surface area (Å²) < 4.78 is 0. The molecule has 0 spiro atoms. The third kappa shape index (κ3) is 3.23. The van der Waals surface area contributed by atoms with Crippen LogP contribution in [0, 0.1) is 0 Å². The highest BCUT2D eigenvalue weighted by atomic mass is 35.5. The van der Waals surface area contributed by atoms with Crippen LogP contribution in [0.15, 0.2) is 42.5 Å². The van der Waals surface area contributed by atoms with Gasteiger partial charge in [-0.1, -0.05) is 35.9 Å². The highest BCUT2D eigenvalue weighted by Crippen LogP contribution is 2.29. The molecule has 1 atom stereocenters. The highest BCUT2D eigenvalue weighted by Gasteiger charge is 2.15. The molecular weight excluding hydrogens is 270 g/mol. The summed E-state index contributed by atoms with van der Waals surface area (Å²) in [6.45, 7) is 5.05. The lowest BCUT2D eigenvalue weighted by atomic mass is 10.1. The number of nitrogens with zero attached hydrogens (tertiary/aromatic N) is 2. The lowest BCUT2D eigenvalue weighted by molar-refractivity contribution is 0.729. The van der Waals surface area contributed by atoms with Crippen molar-refractivity contribution < 1.29 is 0 Å². The molecule has 106 valence electrons. The molecule has 2 aromatic rings. The number of pyridine rings is 1. The van der Waals surface area contributed by atoms with Crippen LogP contribution in [0.2, 0.25) is 5.02 Å². The van der Waals surface area contributed by atoms with Crippen molar-refractivity contribution in [1.29, 1.82) is 0 Å². The molecule has 0 radical (unpaired) electrons. The van der Waals surface area contributed by atoms with E-state index in [0.717, 1.165) is 28.8 Å². The van der Waals surface area contributed by atoms with Crippen LogP contribution < -0.4 is 10.2 Å². The average Bonchev–Trinajstić information content (AvgIpc) is 2.47. The Labute approximate surface area is 125 Å². The quantitative estimate of drug-likeness (QED) is 0.886. The molecule has 0 amide bonds. The molecule has 1 aromatic heterocycles. The molecule has 1 N–H and O–H groups in total. The van der Waals surface area contributed by atoms with Gasteiger partial charge in [-0.25, -0.2) is 4.98 Å². The van der Waals surface area contributed by atoms with E-state index >= 15 is 0 Å². The Morgan fingerprint density at radius 1 is 1.20 bits per heavy atom. The van der Waals surface area contributed by atoms with Gasteiger partial charge in [-0.3, -0.25) is 0 Å². The number of anilines is 2. The summed E-state index contributed by atoms with van der Waals surface area (Å²) in [5, 5.41) is 4.02. The zero-order valence-corrected chi connectivity index (χ0v) is 12.9. The number of halogens is 1. The summed E-state index contributed by atoms with van der Waals surface area (Å²) in [5.41, 5.74) is 1.10. The number of benzene rings is 1. The van der Waals surface area contributed by atoms with Gasteiger partial charge in [0, 0.05) is 18.6 Å². The van der Waals surface area contributed by atoms with E-state index in [1.54, 1.807) is 0 Å². The van der Waals surface area contributed by atoms with Crippen LogP contribution in [0.1, 0.15) is 25.5 Å². The maximum atomic E-state index is 6.27. The van der Waals surface area contributed by atoms with Gasteiger partial charge in [0.15, 0.2) is 0 Å². The van der Waals surface area contributed by atoms with Crippen LogP contribution in [-0.4, -0.2) is 18.6 Å². The number of nitrogens with one attached hydrogen (secondary N) is 1. The Balaban J connectivity index is 2.24. The number of hydrogen-bond donors (Lipinski definition) is 1. The predicted molar refractivity (Wildman–Crippen MR) is 86.7 cm³/mol. The van der Waals surface area contributed by atoms with E-state index in [4.69, 9.17) is 11.6 Å². The number of rotatable bonds is 5.